The van der Waals surface area contributed by atoms with Crippen LogP contribution in [0.5, 0.6) is 0 Å². The van der Waals surface area contributed by atoms with Crippen LogP contribution in [0, 0.1) is 17.0 Å². The lowest BCUT2D eigenvalue weighted by Gasteiger charge is -2.00. The smallest absolute Gasteiger partial charge is 0.347 e. The van der Waals surface area contributed by atoms with Crippen LogP contribution in [0.2, 0.25) is 0 Å². The highest BCUT2D eigenvalue weighted by Gasteiger charge is 2.19. The number of nitro groups is 1. The summed E-state index contributed by atoms with van der Waals surface area (Å²) in [7, 11) is 0. The first-order valence-corrected chi connectivity index (χ1v) is 7.63. The van der Waals surface area contributed by atoms with Crippen molar-refractivity contribution >= 4 is 50.7 Å². The summed E-state index contributed by atoms with van der Waals surface area (Å²) in [5.74, 6) is -1.05. The number of hydrogen-bond donors (Lipinski definition) is 1. The van der Waals surface area contributed by atoms with Crippen LogP contribution in [0.25, 0.3) is 0 Å². The summed E-state index contributed by atoms with van der Waals surface area (Å²) in [5, 5.41) is 19.9. The fraction of sp³-hybridized carbons (Fsp3) is 0.0909. The molecule has 1 N–H and O–H groups in total. The Balaban J connectivity index is 2.39. The van der Waals surface area contributed by atoms with Gasteiger partial charge in [0, 0.05) is 10.5 Å². The van der Waals surface area contributed by atoms with E-state index in [4.69, 9.17) is 5.11 Å². The van der Waals surface area contributed by atoms with Crippen molar-refractivity contribution in [3.05, 3.63) is 43.4 Å². The number of nitro benzene ring substituents is 1. The molecule has 0 radical (unpaired) electrons. The van der Waals surface area contributed by atoms with Crippen molar-refractivity contribution in [2.24, 2.45) is 0 Å². The van der Waals surface area contributed by atoms with Gasteiger partial charge < -0.3 is 5.11 Å². The summed E-state index contributed by atoms with van der Waals surface area (Å²) in [5.41, 5.74) is 0.366. The molecule has 1 aromatic carbocycles. The minimum absolute atomic E-state index is 0.0390. The summed E-state index contributed by atoms with van der Waals surface area (Å²) in [6.07, 6.45) is 0. The monoisotopic (exact) mass is 374 g/mol. The molecule has 9 heteroatoms. The highest BCUT2D eigenvalue weighted by molar-refractivity contribution is 9.10. The number of rotatable bonds is 4. The topological polar surface area (TPSA) is 93.3 Å². The summed E-state index contributed by atoms with van der Waals surface area (Å²) in [4.78, 5) is 26.1. The van der Waals surface area contributed by atoms with Gasteiger partial charge in [0.2, 0.25) is 0 Å². The quantitative estimate of drug-likeness (QED) is 0.642. The molecule has 0 amide bonds. The highest BCUT2D eigenvalue weighted by Crippen LogP contribution is 2.39. The van der Waals surface area contributed by atoms with E-state index in [0.29, 0.717) is 19.4 Å². The molecule has 0 unspecified atom stereocenters. The molecule has 20 heavy (non-hydrogen) atoms. The van der Waals surface area contributed by atoms with Gasteiger partial charge in [0.15, 0.2) is 4.34 Å². The number of thiazole rings is 1. The molecule has 0 fully saturated rings. The molecule has 0 saturated carbocycles. The number of aromatic nitrogens is 1. The minimum atomic E-state index is -1.05. The molecule has 0 atom stereocenters. The van der Waals surface area contributed by atoms with Crippen molar-refractivity contribution in [3.8, 4) is 0 Å². The van der Waals surface area contributed by atoms with Gasteiger partial charge in [-0.3, -0.25) is 10.1 Å². The minimum Gasteiger partial charge on any atom is -0.477 e. The summed E-state index contributed by atoms with van der Waals surface area (Å²) in [6, 6.07) is 4.59. The SMILES string of the molecule is Cc1nc(Sc2cc(Br)ccc2[N+](=O)[O-])sc1C(=O)O. The van der Waals surface area contributed by atoms with Crippen molar-refractivity contribution in [2.75, 3.05) is 0 Å². The number of carbonyl (C=O) groups is 1. The van der Waals surface area contributed by atoms with E-state index in [9.17, 15) is 14.9 Å². The van der Waals surface area contributed by atoms with Gasteiger partial charge in [0.25, 0.3) is 5.69 Å². The molecule has 0 aliphatic rings. The van der Waals surface area contributed by atoms with E-state index >= 15 is 0 Å². The molecule has 2 aromatic rings. The van der Waals surface area contributed by atoms with Gasteiger partial charge >= 0.3 is 5.97 Å². The summed E-state index contributed by atoms with van der Waals surface area (Å²) >= 11 is 5.34. The number of aromatic carboxylic acids is 1. The van der Waals surface area contributed by atoms with Crippen LogP contribution in [0.4, 0.5) is 5.69 Å². The predicted octanol–water partition coefficient (Wildman–Crippen LogP) is 3.97. The van der Waals surface area contributed by atoms with Crippen molar-refractivity contribution < 1.29 is 14.8 Å². The molecule has 0 spiro atoms. The van der Waals surface area contributed by atoms with Gasteiger partial charge in [0.1, 0.15) is 4.88 Å². The van der Waals surface area contributed by atoms with Crippen molar-refractivity contribution in [1.29, 1.82) is 0 Å². The van der Waals surface area contributed by atoms with Gasteiger partial charge in [-0.2, -0.15) is 0 Å². The Labute approximate surface area is 130 Å². The average Bonchev–Trinajstić information content (AvgIpc) is 2.70. The normalized spacial score (nSPS) is 10.5. The zero-order valence-electron chi connectivity index (χ0n) is 9.99. The Morgan fingerprint density at radius 2 is 2.25 bits per heavy atom. The molecular weight excluding hydrogens is 368 g/mol. The maximum absolute atomic E-state index is 11.0. The summed E-state index contributed by atoms with van der Waals surface area (Å²) in [6.45, 7) is 1.60. The summed E-state index contributed by atoms with van der Waals surface area (Å²) < 4.78 is 1.17. The number of carboxylic acid groups (broad SMARTS) is 1. The zero-order valence-corrected chi connectivity index (χ0v) is 13.2. The molecule has 0 aliphatic carbocycles. The Morgan fingerprint density at radius 3 is 2.80 bits per heavy atom. The highest BCUT2D eigenvalue weighted by atomic mass is 79.9. The molecule has 0 aliphatic heterocycles. The fourth-order valence-corrected chi connectivity index (χ4v) is 4.07. The lowest BCUT2D eigenvalue weighted by Crippen LogP contribution is -1.94. The molecule has 104 valence electrons. The Kier molecular flexibility index (Phi) is 4.41. The van der Waals surface area contributed by atoms with Gasteiger partial charge in [-0.05, 0) is 19.1 Å². The Morgan fingerprint density at radius 1 is 1.55 bits per heavy atom. The van der Waals surface area contributed by atoms with E-state index in [0.717, 1.165) is 23.1 Å². The lowest BCUT2D eigenvalue weighted by molar-refractivity contribution is -0.387. The van der Waals surface area contributed by atoms with Crippen LogP contribution in [-0.4, -0.2) is 21.0 Å². The second kappa shape index (κ2) is 5.90. The number of aryl methyl sites for hydroxylation is 1. The number of halogens is 1. The van der Waals surface area contributed by atoms with Gasteiger partial charge in [-0.25, -0.2) is 9.78 Å². The first-order chi connectivity index (χ1) is 9.38. The standard InChI is InChI=1S/C11H7BrN2O4S2/c1-5-9(10(15)16)20-11(13-5)19-8-4-6(12)2-3-7(8)14(17)18/h2-4H,1H3,(H,15,16). The number of benzene rings is 1. The molecule has 1 aromatic heterocycles. The van der Waals surface area contributed by atoms with Crippen LogP contribution in [0.1, 0.15) is 15.4 Å². The second-order valence-corrected chi connectivity index (χ2v) is 6.87. The van der Waals surface area contributed by atoms with E-state index in [2.05, 4.69) is 20.9 Å². The first kappa shape index (κ1) is 14.9. The van der Waals surface area contributed by atoms with Crippen molar-refractivity contribution in [1.82, 2.24) is 4.98 Å². The van der Waals surface area contributed by atoms with E-state index in [-0.39, 0.29) is 10.6 Å². The predicted molar refractivity (Wildman–Crippen MR) is 78.7 cm³/mol. The second-order valence-electron chi connectivity index (χ2n) is 3.67. The van der Waals surface area contributed by atoms with E-state index in [1.165, 1.54) is 6.07 Å². The van der Waals surface area contributed by atoms with Crippen LogP contribution >= 0.6 is 39.0 Å². The molecule has 6 nitrogen and oxygen atoms in total. The molecule has 0 bridgehead atoms. The fourth-order valence-electron chi connectivity index (χ4n) is 1.43. The molecule has 0 saturated heterocycles. The van der Waals surface area contributed by atoms with Crippen LogP contribution in [0.3, 0.4) is 0 Å². The van der Waals surface area contributed by atoms with Crippen LogP contribution < -0.4 is 0 Å². The maximum Gasteiger partial charge on any atom is 0.347 e. The van der Waals surface area contributed by atoms with Gasteiger partial charge in [0.05, 0.1) is 15.5 Å². The number of carboxylic acids is 1. The number of nitrogens with zero attached hydrogens (tertiary/aromatic N) is 2. The Bertz CT molecular complexity index is 702. The van der Waals surface area contributed by atoms with Crippen molar-refractivity contribution in [2.45, 2.75) is 16.2 Å². The van der Waals surface area contributed by atoms with Gasteiger partial charge in [-0.1, -0.05) is 27.7 Å². The zero-order chi connectivity index (χ0) is 14.9. The van der Waals surface area contributed by atoms with Crippen LogP contribution in [-0.2, 0) is 0 Å². The third kappa shape index (κ3) is 3.17. The third-order valence-electron chi connectivity index (χ3n) is 2.29. The molecular formula is C11H7BrN2O4S2. The largest absolute Gasteiger partial charge is 0.477 e. The van der Waals surface area contributed by atoms with Crippen molar-refractivity contribution in [3.63, 3.8) is 0 Å². The van der Waals surface area contributed by atoms with E-state index in [1.807, 2.05) is 0 Å². The van der Waals surface area contributed by atoms with E-state index in [1.54, 1.807) is 19.1 Å². The maximum atomic E-state index is 11.0. The first-order valence-electron chi connectivity index (χ1n) is 5.21. The molecule has 2 rings (SSSR count). The van der Waals surface area contributed by atoms with Gasteiger partial charge in [-0.15, -0.1) is 11.3 Å². The lowest BCUT2D eigenvalue weighted by atomic mass is 10.3. The molecule has 1 heterocycles. The number of hydrogen-bond acceptors (Lipinski definition) is 6. The Hall–Kier alpha value is -1.45. The van der Waals surface area contributed by atoms with E-state index < -0.39 is 10.9 Å². The average molecular weight is 375 g/mol. The van der Waals surface area contributed by atoms with Crippen LogP contribution in [0.15, 0.2) is 31.9 Å². The third-order valence-corrected chi connectivity index (χ3v) is 5.03.